The van der Waals surface area contributed by atoms with Crippen LogP contribution in [0.25, 0.3) is 0 Å². The van der Waals surface area contributed by atoms with Gasteiger partial charge in [0.25, 0.3) is 10.0 Å². The van der Waals surface area contributed by atoms with Crippen LogP contribution in [0.1, 0.15) is 49.2 Å². The standard InChI is InChI=1S/C20H25NO5S/c1-6-21(26-16-10-8-15(9-11-16)20(3,4)5)27(24,25)17-12-7-14(2)18(13-17)19(22)23/h7-13H,6H2,1-5H3,(H,22,23). The monoisotopic (exact) mass is 391 g/mol. The molecule has 0 aliphatic rings. The van der Waals surface area contributed by atoms with E-state index in [0.717, 1.165) is 16.1 Å². The number of nitrogens with zero attached hydrogens (tertiary/aromatic N) is 1. The summed E-state index contributed by atoms with van der Waals surface area (Å²) in [5.74, 6) is -0.787. The predicted molar refractivity (Wildman–Crippen MR) is 103 cm³/mol. The van der Waals surface area contributed by atoms with Gasteiger partial charge in [0.05, 0.1) is 10.5 Å². The molecule has 146 valence electrons. The van der Waals surface area contributed by atoms with Crippen LogP contribution >= 0.6 is 0 Å². The molecule has 7 heteroatoms. The number of aryl methyl sites for hydroxylation is 1. The number of hydroxylamine groups is 1. The van der Waals surface area contributed by atoms with Crippen LogP contribution in [0.5, 0.6) is 5.75 Å². The third-order valence-electron chi connectivity index (χ3n) is 4.19. The summed E-state index contributed by atoms with van der Waals surface area (Å²) < 4.78 is 26.6. The summed E-state index contributed by atoms with van der Waals surface area (Å²) in [7, 11) is -4.01. The first kappa shape index (κ1) is 20.9. The molecule has 27 heavy (non-hydrogen) atoms. The number of carbonyl (C=O) groups is 1. The summed E-state index contributed by atoms with van der Waals surface area (Å²) in [6.45, 7) is 9.59. The van der Waals surface area contributed by atoms with Crippen molar-refractivity contribution in [1.82, 2.24) is 4.47 Å². The van der Waals surface area contributed by atoms with Gasteiger partial charge in [-0.25, -0.2) is 13.2 Å². The van der Waals surface area contributed by atoms with Gasteiger partial charge in [-0.05, 0) is 59.1 Å². The molecular formula is C20H25NO5S. The maximum absolute atomic E-state index is 12.9. The van der Waals surface area contributed by atoms with Crippen LogP contribution < -0.4 is 4.84 Å². The van der Waals surface area contributed by atoms with Crippen molar-refractivity contribution in [2.75, 3.05) is 6.54 Å². The van der Waals surface area contributed by atoms with Crippen molar-refractivity contribution in [3.8, 4) is 5.75 Å². The summed E-state index contributed by atoms with van der Waals surface area (Å²) in [5.41, 5.74) is 1.51. The molecule has 0 heterocycles. The Hall–Kier alpha value is -2.38. The van der Waals surface area contributed by atoms with E-state index in [1.165, 1.54) is 12.1 Å². The minimum absolute atomic E-state index is 0.0236. The third-order valence-corrected chi connectivity index (χ3v) is 5.91. The average molecular weight is 391 g/mol. The Morgan fingerprint density at radius 2 is 1.70 bits per heavy atom. The predicted octanol–water partition coefficient (Wildman–Crippen LogP) is 4.00. The summed E-state index contributed by atoms with van der Waals surface area (Å²) in [6.07, 6.45) is 0. The second-order valence-electron chi connectivity index (χ2n) is 7.27. The van der Waals surface area contributed by atoms with Crippen LogP contribution in [0.2, 0.25) is 0 Å². The SMILES string of the molecule is CCN(Oc1ccc(C(C)(C)C)cc1)S(=O)(=O)c1ccc(C)c(C(=O)O)c1. The maximum Gasteiger partial charge on any atom is 0.335 e. The second-order valence-corrected chi connectivity index (χ2v) is 9.10. The number of hydrogen-bond acceptors (Lipinski definition) is 4. The highest BCUT2D eigenvalue weighted by Crippen LogP contribution is 2.26. The zero-order valence-corrected chi connectivity index (χ0v) is 17.0. The lowest BCUT2D eigenvalue weighted by molar-refractivity contribution is 0.0415. The molecule has 0 unspecified atom stereocenters. The van der Waals surface area contributed by atoms with Crippen LogP contribution in [0.4, 0.5) is 0 Å². The van der Waals surface area contributed by atoms with Gasteiger partial charge in [0.15, 0.2) is 0 Å². The van der Waals surface area contributed by atoms with Crippen molar-refractivity contribution in [2.24, 2.45) is 0 Å². The van der Waals surface area contributed by atoms with Gasteiger partial charge in [-0.1, -0.05) is 39.0 Å². The van der Waals surface area contributed by atoms with Gasteiger partial charge >= 0.3 is 5.97 Å². The largest absolute Gasteiger partial charge is 0.478 e. The zero-order chi connectivity index (χ0) is 20.4. The fraction of sp³-hybridized carbons (Fsp3) is 0.350. The average Bonchev–Trinajstić information content (AvgIpc) is 2.59. The summed E-state index contributed by atoms with van der Waals surface area (Å²) in [4.78, 5) is 16.8. The van der Waals surface area contributed by atoms with Crippen molar-refractivity contribution in [3.05, 3.63) is 59.2 Å². The number of benzene rings is 2. The molecule has 0 radical (unpaired) electrons. The molecule has 0 spiro atoms. The fourth-order valence-electron chi connectivity index (χ4n) is 2.53. The molecule has 0 aromatic heterocycles. The molecule has 2 aromatic rings. The first-order valence-electron chi connectivity index (χ1n) is 8.62. The van der Waals surface area contributed by atoms with Gasteiger partial charge in [0, 0.05) is 6.54 Å². The Morgan fingerprint density at radius 3 is 2.19 bits per heavy atom. The van der Waals surface area contributed by atoms with Crippen molar-refractivity contribution < 1.29 is 23.2 Å². The maximum atomic E-state index is 12.9. The summed E-state index contributed by atoms with van der Waals surface area (Å²) in [5, 5.41) is 9.24. The molecule has 1 N–H and O–H groups in total. The smallest absolute Gasteiger partial charge is 0.335 e. The van der Waals surface area contributed by atoms with E-state index < -0.39 is 16.0 Å². The quantitative estimate of drug-likeness (QED) is 0.753. The molecule has 0 bridgehead atoms. The molecule has 0 fully saturated rings. The normalized spacial score (nSPS) is 12.2. The molecule has 0 aliphatic carbocycles. The van der Waals surface area contributed by atoms with Gasteiger partial charge in [-0.2, -0.15) is 0 Å². The van der Waals surface area contributed by atoms with E-state index in [0.29, 0.717) is 11.3 Å². The minimum Gasteiger partial charge on any atom is -0.478 e. The van der Waals surface area contributed by atoms with E-state index in [1.54, 1.807) is 26.0 Å². The highest BCUT2D eigenvalue weighted by molar-refractivity contribution is 7.89. The molecule has 2 rings (SSSR count). The van der Waals surface area contributed by atoms with E-state index in [1.807, 2.05) is 12.1 Å². The van der Waals surface area contributed by atoms with Crippen molar-refractivity contribution in [3.63, 3.8) is 0 Å². The van der Waals surface area contributed by atoms with Crippen molar-refractivity contribution in [1.29, 1.82) is 0 Å². The number of aromatic carboxylic acids is 1. The number of hydrogen-bond donors (Lipinski definition) is 1. The van der Waals surface area contributed by atoms with Crippen LogP contribution in [0, 0.1) is 6.92 Å². The molecule has 0 aliphatic heterocycles. The molecule has 2 aromatic carbocycles. The lowest BCUT2D eigenvalue weighted by Crippen LogP contribution is -2.34. The fourth-order valence-corrected chi connectivity index (χ4v) is 3.79. The topological polar surface area (TPSA) is 83.9 Å². The number of rotatable bonds is 6. The first-order valence-corrected chi connectivity index (χ1v) is 10.1. The Balaban J connectivity index is 2.33. The third kappa shape index (κ3) is 4.67. The first-order chi connectivity index (χ1) is 12.5. The molecule has 6 nitrogen and oxygen atoms in total. The van der Waals surface area contributed by atoms with E-state index in [2.05, 4.69) is 20.8 Å². The molecule has 0 saturated carbocycles. The second kappa shape index (κ2) is 7.70. The molecule has 0 saturated heterocycles. The van der Waals surface area contributed by atoms with Gasteiger partial charge in [0.2, 0.25) is 0 Å². The van der Waals surface area contributed by atoms with Crippen LogP contribution in [-0.4, -0.2) is 30.5 Å². The van der Waals surface area contributed by atoms with Crippen molar-refractivity contribution in [2.45, 2.75) is 44.9 Å². The van der Waals surface area contributed by atoms with Gasteiger partial charge < -0.3 is 9.94 Å². The van der Waals surface area contributed by atoms with Gasteiger partial charge in [0.1, 0.15) is 5.75 Å². The number of sulfonamides is 1. The highest BCUT2D eigenvalue weighted by Gasteiger charge is 2.27. The van der Waals surface area contributed by atoms with E-state index in [9.17, 15) is 18.3 Å². The molecule has 0 atom stereocenters. The molecular weight excluding hydrogens is 366 g/mol. The van der Waals surface area contributed by atoms with Gasteiger partial charge in [-0.15, -0.1) is 0 Å². The van der Waals surface area contributed by atoms with E-state index in [4.69, 9.17) is 4.84 Å². The lowest BCUT2D eigenvalue weighted by Gasteiger charge is -2.22. The van der Waals surface area contributed by atoms with Gasteiger partial charge in [-0.3, -0.25) is 0 Å². The Kier molecular flexibility index (Phi) is 5.97. The zero-order valence-electron chi connectivity index (χ0n) is 16.2. The highest BCUT2D eigenvalue weighted by atomic mass is 32.2. The van der Waals surface area contributed by atoms with E-state index in [-0.39, 0.29) is 22.4 Å². The Bertz CT molecular complexity index is 928. The summed E-state index contributed by atoms with van der Waals surface area (Å²) >= 11 is 0. The lowest BCUT2D eigenvalue weighted by atomic mass is 9.87. The van der Waals surface area contributed by atoms with Crippen LogP contribution in [0.15, 0.2) is 47.4 Å². The van der Waals surface area contributed by atoms with E-state index >= 15 is 0 Å². The number of carboxylic acids is 1. The Labute approximate surface area is 160 Å². The Morgan fingerprint density at radius 1 is 1.11 bits per heavy atom. The van der Waals surface area contributed by atoms with Crippen LogP contribution in [-0.2, 0) is 15.4 Å². The summed E-state index contributed by atoms with van der Waals surface area (Å²) in [6, 6.07) is 11.2. The molecule has 0 amide bonds. The minimum atomic E-state index is -4.01. The van der Waals surface area contributed by atoms with Crippen LogP contribution in [0.3, 0.4) is 0 Å². The number of carboxylic acid groups (broad SMARTS) is 1. The van der Waals surface area contributed by atoms with Crippen molar-refractivity contribution >= 4 is 16.0 Å².